The van der Waals surface area contributed by atoms with Crippen molar-refractivity contribution in [2.24, 2.45) is 5.92 Å². The van der Waals surface area contributed by atoms with Crippen LogP contribution in [0.5, 0.6) is 0 Å². The fraction of sp³-hybridized carbons (Fsp3) is 0.300. The van der Waals surface area contributed by atoms with E-state index >= 15 is 0 Å². The van der Waals surface area contributed by atoms with Crippen LogP contribution in [-0.2, 0) is 9.53 Å². The molecule has 132 valence electrons. The smallest absolute Gasteiger partial charge is 0.328 e. The molecule has 2 rings (SSSR count). The van der Waals surface area contributed by atoms with Gasteiger partial charge in [-0.05, 0) is 41.7 Å². The van der Waals surface area contributed by atoms with Crippen molar-refractivity contribution in [1.82, 2.24) is 5.32 Å². The molecule has 5 heteroatoms. The quantitative estimate of drug-likeness (QED) is 0.625. The highest BCUT2D eigenvalue weighted by atomic mass is 16.5. The summed E-state index contributed by atoms with van der Waals surface area (Å²) in [6.07, 6.45) is 0.508. The first-order valence-corrected chi connectivity index (χ1v) is 8.26. The normalized spacial score (nSPS) is 11.8. The van der Waals surface area contributed by atoms with Gasteiger partial charge < -0.3 is 15.8 Å². The molecule has 0 heterocycles. The van der Waals surface area contributed by atoms with E-state index in [1.54, 1.807) is 18.2 Å². The minimum absolute atomic E-state index is 0.240. The Labute approximate surface area is 148 Å². The summed E-state index contributed by atoms with van der Waals surface area (Å²) in [4.78, 5) is 24.8. The number of benzene rings is 2. The van der Waals surface area contributed by atoms with Gasteiger partial charge in [0.15, 0.2) is 0 Å². The summed E-state index contributed by atoms with van der Waals surface area (Å²) in [5.74, 6) is -0.530. The van der Waals surface area contributed by atoms with E-state index in [9.17, 15) is 9.59 Å². The van der Waals surface area contributed by atoms with Gasteiger partial charge in [0.1, 0.15) is 6.04 Å². The van der Waals surface area contributed by atoms with Crippen molar-refractivity contribution in [3.63, 3.8) is 0 Å². The second kappa shape index (κ2) is 8.33. The van der Waals surface area contributed by atoms with Gasteiger partial charge in [-0.3, -0.25) is 4.79 Å². The fourth-order valence-electron chi connectivity index (χ4n) is 2.68. The standard InChI is InChI=1S/C20H24N2O3/c1-13(2)11-18(20(24)25-3)22-19(23)16-10-9-15(21)12-17(16)14-7-5-4-6-8-14/h4-10,12-13,18H,11,21H2,1-3H3,(H,22,23). The molecule has 2 aromatic rings. The highest BCUT2D eigenvalue weighted by Gasteiger charge is 2.24. The molecular weight excluding hydrogens is 316 g/mol. The van der Waals surface area contributed by atoms with Gasteiger partial charge in [-0.2, -0.15) is 0 Å². The zero-order valence-electron chi connectivity index (χ0n) is 14.8. The Hall–Kier alpha value is -2.82. The monoisotopic (exact) mass is 340 g/mol. The molecule has 0 saturated carbocycles. The lowest BCUT2D eigenvalue weighted by Crippen LogP contribution is -2.42. The number of anilines is 1. The Morgan fingerprint density at radius 1 is 1.12 bits per heavy atom. The first kappa shape index (κ1) is 18.5. The predicted molar refractivity (Wildman–Crippen MR) is 99.0 cm³/mol. The summed E-state index contributed by atoms with van der Waals surface area (Å²) in [6.45, 7) is 3.97. The molecule has 25 heavy (non-hydrogen) atoms. The number of ether oxygens (including phenoxy) is 1. The van der Waals surface area contributed by atoms with E-state index < -0.39 is 12.0 Å². The molecule has 0 aliphatic carbocycles. The van der Waals surface area contributed by atoms with Crippen molar-refractivity contribution in [2.75, 3.05) is 12.8 Å². The Morgan fingerprint density at radius 3 is 2.40 bits per heavy atom. The minimum Gasteiger partial charge on any atom is -0.467 e. The van der Waals surface area contributed by atoms with Gasteiger partial charge in [0.25, 0.3) is 5.91 Å². The number of nitrogen functional groups attached to an aromatic ring is 1. The maximum atomic E-state index is 12.8. The number of nitrogens with one attached hydrogen (secondary N) is 1. The maximum Gasteiger partial charge on any atom is 0.328 e. The van der Waals surface area contributed by atoms with Crippen molar-refractivity contribution >= 4 is 17.6 Å². The van der Waals surface area contributed by atoms with Crippen LogP contribution in [0.2, 0.25) is 0 Å². The van der Waals surface area contributed by atoms with Crippen LogP contribution < -0.4 is 11.1 Å². The molecule has 1 amide bonds. The van der Waals surface area contributed by atoms with Crippen molar-refractivity contribution in [2.45, 2.75) is 26.3 Å². The Bertz CT molecular complexity index is 742. The van der Waals surface area contributed by atoms with Crippen LogP contribution in [0.4, 0.5) is 5.69 Å². The number of methoxy groups -OCH3 is 1. The highest BCUT2D eigenvalue weighted by molar-refractivity contribution is 6.03. The third-order valence-corrected chi connectivity index (χ3v) is 3.87. The number of esters is 1. The summed E-state index contributed by atoms with van der Waals surface area (Å²) in [5.41, 5.74) is 8.55. The van der Waals surface area contributed by atoms with E-state index in [1.807, 2.05) is 44.2 Å². The predicted octanol–water partition coefficient (Wildman–Crippen LogP) is 3.25. The molecule has 1 atom stereocenters. The van der Waals surface area contributed by atoms with E-state index in [2.05, 4.69) is 5.32 Å². The van der Waals surface area contributed by atoms with Crippen LogP contribution in [0, 0.1) is 5.92 Å². The molecule has 0 saturated heterocycles. The number of rotatable bonds is 6. The van der Waals surface area contributed by atoms with E-state index in [-0.39, 0.29) is 11.8 Å². The SMILES string of the molecule is COC(=O)C(CC(C)C)NC(=O)c1ccc(N)cc1-c1ccccc1. The summed E-state index contributed by atoms with van der Waals surface area (Å²) in [6, 6.07) is 14.0. The molecule has 0 aliphatic rings. The Balaban J connectivity index is 2.34. The Kier molecular flexibility index (Phi) is 6.17. The van der Waals surface area contributed by atoms with Crippen LogP contribution in [0.3, 0.4) is 0 Å². The van der Waals surface area contributed by atoms with Gasteiger partial charge in [-0.15, -0.1) is 0 Å². The van der Waals surface area contributed by atoms with E-state index in [4.69, 9.17) is 10.5 Å². The first-order valence-electron chi connectivity index (χ1n) is 8.26. The number of hydrogen-bond acceptors (Lipinski definition) is 4. The summed E-state index contributed by atoms with van der Waals surface area (Å²) in [7, 11) is 1.32. The third-order valence-electron chi connectivity index (χ3n) is 3.87. The molecule has 0 radical (unpaired) electrons. The van der Waals surface area contributed by atoms with Crippen LogP contribution >= 0.6 is 0 Å². The molecule has 0 fully saturated rings. The van der Waals surface area contributed by atoms with Gasteiger partial charge in [0.05, 0.1) is 7.11 Å². The molecule has 0 aromatic heterocycles. The lowest BCUT2D eigenvalue weighted by atomic mass is 9.97. The van der Waals surface area contributed by atoms with Gasteiger partial charge >= 0.3 is 5.97 Å². The third kappa shape index (κ3) is 4.83. The van der Waals surface area contributed by atoms with Gasteiger partial charge in [0, 0.05) is 11.3 Å². The molecule has 3 N–H and O–H groups in total. The number of hydrogen-bond donors (Lipinski definition) is 2. The molecule has 0 spiro atoms. The molecule has 1 unspecified atom stereocenters. The summed E-state index contributed by atoms with van der Waals surface area (Å²) < 4.78 is 4.81. The molecule has 0 aliphatic heterocycles. The van der Waals surface area contributed by atoms with Gasteiger partial charge in [0.2, 0.25) is 0 Å². The number of amides is 1. The van der Waals surface area contributed by atoms with Crippen LogP contribution in [0.1, 0.15) is 30.6 Å². The maximum absolute atomic E-state index is 12.8. The van der Waals surface area contributed by atoms with Gasteiger partial charge in [-0.1, -0.05) is 44.2 Å². The largest absolute Gasteiger partial charge is 0.467 e. The minimum atomic E-state index is -0.682. The Morgan fingerprint density at radius 2 is 1.80 bits per heavy atom. The second-order valence-electron chi connectivity index (χ2n) is 6.35. The zero-order chi connectivity index (χ0) is 18.4. The number of carbonyl (C=O) groups is 2. The van der Waals surface area contributed by atoms with Crippen LogP contribution in [0.15, 0.2) is 48.5 Å². The lowest BCUT2D eigenvalue weighted by Gasteiger charge is -2.19. The topological polar surface area (TPSA) is 81.4 Å². The summed E-state index contributed by atoms with van der Waals surface area (Å²) >= 11 is 0. The van der Waals surface area contributed by atoms with Crippen molar-refractivity contribution in [3.05, 3.63) is 54.1 Å². The van der Waals surface area contributed by atoms with Crippen LogP contribution in [-0.4, -0.2) is 25.0 Å². The number of nitrogens with two attached hydrogens (primary N) is 1. The second-order valence-corrected chi connectivity index (χ2v) is 6.35. The zero-order valence-corrected chi connectivity index (χ0v) is 14.8. The molecule has 5 nitrogen and oxygen atoms in total. The van der Waals surface area contributed by atoms with E-state index in [0.29, 0.717) is 17.7 Å². The summed E-state index contributed by atoms with van der Waals surface area (Å²) in [5, 5.41) is 2.79. The molecule has 0 bridgehead atoms. The van der Waals surface area contributed by atoms with E-state index in [0.717, 1.165) is 11.1 Å². The van der Waals surface area contributed by atoms with E-state index in [1.165, 1.54) is 7.11 Å². The van der Waals surface area contributed by atoms with Gasteiger partial charge in [-0.25, -0.2) is 4.79 Å². The fourth-order valence-corrected chi connectivity index (χ4v) is 2.68. The van der Waals surface area contributed by atoms with Crippen LogP contribution in [0.25, 0.3) is 11.1 Å². The average Bonchev–Trinajstić information content (AvgIpc) is 2.60. The van der Waals surface area contributed by atoms with Crippen molar-refractivity contribution < 1.29 is 14.3 Å². The average molecular weight is 340 g/mol. The lowest BCUT2D eigenvalue weighted by molar-refractivity contribution is -0.143. The molecule has 2 aromatic carbocycles. The molecular formula is C20H24N2O3. The van der Waals surface area contributed by atoms with Crippen molar-refractivity contribution in [3.8, 4) is 11.1 Å². The highest BCUT2D eigenvalue weighted by Crippen LogP contribution is 2.26. The van der Waals surface area contributed by atoms with Crippen molar-refractivity contribution in [1.29, 1.82) is 0 Å². The number of carbonyl (C=O) groups excluding carboxylic acids is 2. The first-order chi connectivity index (χ1) is 11.9.